The fourth-order valence-electron chi connectivity index (χ4n) is 1.99. The van der Waals surface area contributed by atoms with Crippen LogP contribution in [-0.2, 0) is 0 Å². The number of rotatable bonds is 2. The fourth-order valence-corrected chi connectivity index (χ4v) is 2.53. The van der Waals surface area contributed by atoms with Crippen molar-refractivity contribution < 1.29 is 9.90 Å². The van der Waals surface area contributed by atoms with E-state index >= 15 is 0 Å². The number of benzene rings is 2. The van der Waals surface area contributed by atoms with Crippen molar-refractivity contribution in [3.05, 3.63) is 58.8 Å². The van der Waals surface area contributed by atoms with Crippen molar-refractivity contribution >= 4 is 32.9 Å². The number of aromatic nitrogens is 2. The molecule has 0 bridgehead atoms. The van der Waals surface area contributed by atoms with E-state index < -0.39 is 5.97 Å². The van der Waals surface area contributed by atoms with Crippen LogP contribution in [0.5, 0.6) is 0 Å². The highest BCUT2D eigenvalue weighted by atomic mass is 79.9. The first-order valence-corrected chi connectivity index (χ1v) is 6.41. The molecule has 0 saturated heterocycles. The van der Waals surface area contributed by atoms with Crippen molar-refractivity contribution in [1.29, 1.82) is 0 Å². The number of nitrogens with zero attached hydrogens (tertiary/aromatic N) is 2. The zero-order valence-corrected chi connectivity index (χ0v) is 11.3. The zero-order chi connectivity index (χ0) is 13.4. The van der Waals surface area contributed by atoms with Crippen molar-refractivity contribution in [3.63, 3.8) is 0 Å². The molecule has 19 heavy (non-hydrogen) atoms. The number of hydrogen-bond acceptors (Lipinski definition) is 2. The molecule has 0 radical (unpaired) electrons. The van der Waals surface area contributed by atoms with Crippen LogP contribution in [0.25, 0.3) is 16.7 Å². The predicted octanol–water partition coefficient (Wildman–Crippen LogP) is 3.49. The molecular weight excluding hydrogens is 308 g/mol. The van der Waals surface area contributed by atoms with Gasteiger partial charge in [0.2, 0.25) is 0 Å². The van der Waals surface area contributed by atoms with E-state index in [1.165, 1.54) is 0 Å². The highest BCUT2D eigenvalue weighted by Gasteiger charge is 2.10. The van der Waals surface area contributed by atoms with Crippen LogP contribution < -0.4 is 0 Å². The van der Waals surface area contributed by atoms with E-state index in [1.54, 1.807) is 24.5 Å². The maximum absolute atomic E-state index is 11.0. The van der Waals surface area contributed by atoms with Crippen molar-refractivity contribution in [2.24, 2.45) is 0 Å². The van der Waals surface area contributed by atoms with Gasteiger partial charge in [-0.1, -0.05) is 12.1 Å². The maximum atomic E-state index is 11.0. The molecule has 0 unspecified atom stereocenters. The highest BCUT2D eigenvalue weighted by molar-refractivity contribution is 9.10. The van der Waals surface area contributed by atoms with Crippen LogP contribution in [0.15, 0.2) is 53.3 Å². The molecule has 2 aromatic carbocycles. The van der Waals surface area contributed by atoms with Gasteiger partial charge in [-0.25, -0.2) is 9.78 Å². The van der Waals surface area contributed by atoms with Crippen LogP contribution in [-0.4, -0.2) is 20.6 Å². The Labute approximate surface area is 117 Å². The Bertz CT molecular complexity index is 780. The quantitative estimate of drug-likeness (QED) is 0.787. The Balaban J connectivity index is 2.17. The smallest absolute Gasteiger partial charge is 0.336 e. The SMILES string of the molecule is O=C(O)c1ccc(-n2cnc3ccccc32)cc1Br. The third-order valence-electron chi connectivity index (χ3n) is 2.91. The average molecular weight is 317 g/mol. The van der Waals surface area contributed by atoms with Gasteiger partial charge in [0.1, 0.15) is 6.33 Å². The van der Waals surface area contributed by atoms with Crippen LogP contribution in [0.2, 0.25) is 0 Å². The lowest BCUT2D eigenvalue weighted by Crippen LogP contribution is -1.99. The lowest BCUT2D eigenvalue weighted by molar-refractivity contribution is 0.0696. The number of imidazole rings is 1. The summed E-state index contributed by atoms with van der Waals surface area (Å²) in [5.41, 5.74) is 3.00. The van der Waals surface area contributed by atoms with E-state index in [-0.39, 0.29) is 5.56 Å². The molecule has 3 rings (SSSR count). The summed E-state index contributed by atoms with van der Waals surface area (Å²) >= 11 is 3.28. The summed E-state index contributed by atoms with van der Waals surface area (Å²) in [6.45, 7) is 0. The summed E-state index contributed by atoms with van der Waals surface area (Å²) in [6, 6.07) is 12.9. The van der Waals surface area contributed by atoms with E-state index in [4.69, 9.17) is 5.11 Å². The summed E-state index contributed by atoms with van der Waals surface area (Å²) in [7, 11) is 0. The van der Waals surface area contributed by atoms with Crippen molar-refractivity contribution in [3.8, 4) is 5.69 Å². The molecule has 3 aromatic rings. The molecule has 0 aliphatic heterocycles. The fraction of sp³-hybridized carbons (Fsp3) is 0. The summed E-state index contributed by atoms with van der Waals surface area (Å²) in [5, 5.41) is 9.01. The number of aromatic carboxylic acids is 1. The minimum Gasteiger partial charge on any atom is -0.478 e. The van der Waals surface area contributed by atoms with Crippen LogP contribution in [0.4, 0.5) is 0 Å². The van der Waals surface area contributed by atoms with Gasteiger partial charge in [-0.3, -0.25) is 4.57 Å². The van der Waals surface area contributed by atoms with Gasteiger partial charge in [0, 0.05) is 10.2 Å². The molecule has 1 heterocycles. The largest absolute Gasteiger partial charge is 0.478 e. The van der Waals surface area contributed by atoms with Gasteiger partial charge in [0.05, 0.1) is 16.6 Å². The second kappa shape index (κ2) is 4.51. The minimum atomic E-state index is -0.950. The lowest BCUT2D eigenvalue weighted by Gasteiger charge is -2.06. The molecule has 0 amide bonds. The number of carbonyl (C=O) groups is 1. The van der Waals surface area contributed by atoms with Gasteiger partial charge in [-0.15, -0.1) is 0 Å². The van der Waals surface area contributed by atoms with Gasteiger partial charge < -0.3 is 5.11 Å². The van der Waals surface area contributed by atoms with Crippen LogP contribution in [0, 0.1) is 0 Å². The minimum absolute atomic E-state index is 0.244. The molecule has 0 aliphatic carbocycles. The number of carboxylic acids is 1. The zero-order valence-electron chi connectivity index (χ0n) is 9.75. The molecule has 0 atom stereocenters. The summed E-state index contributed by atoms with van der Waals surface area (Å²) < 4.78 is 2.47. The predicted molar refractivity (Wildman–Crippen MR) is 75.7 cm³/mol. The number of carboxylic acid groups (broad SMARTS) is 1. The van der Waals surface area contributed by atoms with E-state index in [0.29, 0.717) is 4.47 Å². The number of para-hydroxylation sites is 2. The Morgan fingerprint density at radius 2 is 2.00 bits per heavy atom. The summed E-state index contributed by atoms with van der Waals surface area (Å²) in [6.07, 6.45) is 1.73. The molecule has 0 saturated carbocycles. The Hall–Kier alpha value is -2.14. The topological polar surface area (TPSA) is 55.1 Å². The molecule has 94 valence electrons. The summed E-state index contributed by atoms with van der Waals surface area (Å²) in [4.78, 5) is 15.3. The van der Waals surface area contributed by atoms with Crippen LogP contribution >= 0.6 is 15.9 Å². The first-order chi connectivity index (χ1) is 9.16. The maximum Gasteiger partial charge on any atom is 0.336 e. The van der Waals surface area contributed by atoms with Crippen LogP contribution in [0.1, 0.15) is 10.4 Å². The normalized spacial score (nSPS) is 10.8. The van der Waals surface area contributed by atoms with E-state index in [1.807, 2.05) is 28.8 Å². The van der Waals surface area contributed by atoms with Crippen molar-refractivity contribution in [1.82, 2.24) is 9.55 Å². The van der Waals surface area contributed by atoms with Crippen molar-refractivity contribution in [2.75, 3.05) is 0 Å². The molecule has 0 fully saturated rings. The van der Waals surface area contributed by atoms with Gasteiger partial charge in [-0.05, 0) is 46.3 Å². The van der Waals surface area contributed by atoms with E-state index in [2.05, 4.69) is 20.9 Å². The first kappa shape index (κ1) is 11.9. The Kier molecular flexibility index (Phi) is 2.83. The second-order valence-electron chi connectivity index (χ2n) is 4.07. The van der Waals surface area contributed by atoms with E-state index in [0.717, 1.165) is 16.7 Å². The molecule has 0 spiro atoms. The third-order valence-corrected chi connectivity index (χ3v) is 3.57. The molecule has 4 nitrogen and oxygen atoms in total. The summed E-state index contributed by atoms with van der Waals surface area (Å²) in [5.74, 6) is -0.950. The van der Waals surface area contributed by atoms with Gasteiger partial charge >= 0.3 is 5.97 Å². The Morgan fingerprint density at radius 1 is 1.21 bits per heavy atom. The standard InChI is InChI=1S/C14H9BrN2O2/c15-11-7-9(5-6-10(11)14(18)19)17-8-16-12-3-1-2-4-13(12)17/h1-8H,(H,18,19). The number of hydrogen-bond donors (Lipinski definition) is 1. The average Bonchev–Trinajstić information content (AvgIpc) is 2.82. The monoisotopic (exact) mass is 316 g/mol. The van der Waals surface area contributed by atoms with Gasteiger partial charge in [0.25, 0.3) is 0 Å². The molecule has 5 heteroatoms. The van der Waals surface area contributed by atoms with Gasteiger partial charge in [-0.2, -0.15) is 0 Å². The number of halogens is 1. The third kappa shape index (κ3) is 2.02. The Morgan fingerprint density at radius 3 is 2.74 bits per heavy atom. The van der Waals surface area contributed by atoms with Crippen molar-refractivity contribution in [2.45, 2.75) is 0 Å². The first-order valence-electron chi connectivity index (χ1n) is 5.62. The van der Waals surface area contributed by atoms with E-state index in [9.17, 15) is 4.79 Å². The molecular formula is C14H9BrN2O2. The van der Waals surface area contributed by atoms with Gasteiger partial charge in [0.15, 0.2) is 0 Å². The lowest BCUT2D eigenvalue weighted by atomic mass is 10.2. The second-order valence-corrected chi connectivity index (χ2v) is 4.93. The molecule has 1 aromatic heterocycles. The number of fused-ring (bicyclic) bond motifs is 1. The molecule has 0 aliphatic rings. The molecule has 1 N–H and O–H groups in total. The highest BCUT2D eigenvalue weighted by Crippen LogP contribution is 2.23. The van der Waals surface area contributed by atoms with Crippen LogP contribution in [0.3, 0.4) is 0 Å².